The number of hydrogen-bond acceptors (Lipinski definition) is 1. The van der Waals surface area contributed by atoms with Crippen LogP contribution >= 0.6 is 0 Å². The zero-order valence-electron chi connectivity index (χ0n) is 17.2. The molecule has 0 radical (unpaired) electrons. The van der Waals surface area contributed by atoms with E-state index < -0.39 is 17.8 Å². The second-order valence-electron chi connectivity index (χ2n) is 6.95. The first-order chi connectivity index (χ1) is 14.5. The zero-order valence-corrected chi connectivity index (χ0v) is 17.2. The zero-order chi connectivity index (χ0) is 21.5. The Hall–Kier alpha value is -3.01. The highest BCUT2D eigenvalue weighted by Gasteiger charge is 2.23. The average Bonchev–Trinajstić information content (AvgIpc) is 2.75. The molecule has 0 bridgehead atoms. The van der Waals surface area contributed by atoms with E-state index in [0.29, 0.717) is 23.5 Å². The van der Waals surface area contributed by atoms with Gasteiger partial charge >= 0.3 is 0 Å². The van der Waals surface area contributed by atoms with Gasteiger partial charge in [-0.3, -0.25) is 0 Å². The number of ether oxygens (including phenoxy) is 1. The van der Waals surface area contributed by atoms with Crippen LogP contribution in [0.3, 0.4) is 0 Å². The van der Waals surface area contributed by atoms with E-state index in [4.69, 9.17) is 4.74 Å². The molecule has 0 unspecified atom stereocenters. The van der Waals surface area contributed by atoms with E-state index in [-0.39, 0.29) is 11.1 Å². The lowest BCUT2D eigenvalue weighted by atomic mass is 9.93. The van der Waals surface area contributed by atoms with Gasteiger partial charge in [-0.15, -0.1) is 0 Å². The highest BCUT2D eigenvalue weighted by atomic mass is 19.3. The molecule has 156 valence electrons. The van der Waals surface area contributed by atoms with Crippen molar-refractivity contribution in [1.82, 2.24) is 0 Å². The summed E-state index contributed by atoms with van der Waals surface area (Å²) in [4.78, 5) is 0. The Kier molecular flexibility index (Phi) is 7.34. The number of allylic oxidation sites excluding steroid dienone is 2. The molecule has 0 amide bonds. The maximum absolute atomic E-state index is 15.2. The standard InChI is InChI=1S/C26H25F3O/c1-3-5-6-7-18-8-10-19(11-9-18)22-16-17-23(25(27)24(22)26(28)29)20-12-14-21(15-13-20)30-4-2/h3,5,8-17,26H,4,6-7H2,1-2H3. The fraction of sp³-hybridized carbons (Fsp3) is 0.231. The summed E-state index contributed by atoms with van der Waals surface area (Å²) in [6.07, 6.45) is 2.95. The van der Waals surface area contributed by atoms with Crippen LogP contribution in [0.5, 0.6) is 5.75 Å². The molecule has 0 atom stereocenters. The van der Waals surface area contributed by atoms with Crippen molar-refractivity contribution in [3.63, 3.8) is 0 Å². The smallest absolute Gasteiger partial charge is 0.267 e. The minimum absolute atomic E-state index is 0.153. The SMILES string of the molecule is CC=CCCc1ccc(-c2ccc(-c3ccc(OCC)cc3)c(F)c2C(F)F)cc1. The number of halogens is 3. The van der Waals surface area contributed by atoms with Crippen molar-refractivity contribution in [2.24, 2.45) is 0 Å². The molecule has 0 saturated carbocycles. The van der Waals surface area contributed by atoms with Crippen LogP contribution in [0.15, 0.2) is 72.8 Å². The van der Waals surface area contributed by atoms with Crippen LogP contribution in [0.1, 0.15) is 37.8 Å². The molecule has 3 aromatic rings. The monoisotopic (exact) mass is 410 g/mol. The van der Waals surface area contributed by atoms with Gasteiger partial charge in [0.05, 0.1) is 12.2 Å². The predicted octanol–water partition coefficient (Wildman–Crippen LogP) is 8.00. The van der Waals surface area contributed by atoms with E-state index in [1.165, 1.54) is 0 Å². The third-order valence-electron chi connectivity index (χ3n) is 4.97. The lowest BCUT2D eigenvalue weighted by molar-refractivity contribution is 0.147. The molecule has 3 aromatic carbocycles. The Morgan fingerprint density at radius 2 is 1.47 bits per heavy atom. The Balaban J connectivity index is 1.95. The van der Waals surface area contributed by atoms with Crippen LogP contribution in [-0.4, -0.2) is 6.61 Å². The predicted molar refractivity (Wildman–Crippen MR) is 117 cm³/mol. The molecular formula is C26H25F3O. The van der Waals surface area contributed by atoms with Crippen LogP contribution < -0.4 is 4.74 Å². The molecule has 0 aromatic heterocycles. The van der Waals surface area contributed by atoms with Gasteiger partial charge in [-0.1, -0.05) is 60.7 Å². The van der Waals surface area contributed by atoms with Gasteiger partial charge in [0.1, 0.15) is 11.6 Å². The van der Waals surface area contributed by atoms with Crippen molar-refractivity contribution in [3.8, 4) is 28.0 Å². The number of benzene rings is 3. The minimum Gasteiger partial charge on any atom is -0.494 e. The lowest BCUT2D eigenvalue weighted by Gasteiger charge is -2.15. The number of hydrogen-bond donors (Lipinski definition) is 0. The summed E-state index contributed by atoms with van der Waals surface area (Å²) in [7, 11) is 0. The topological polar surface area (TPSA) is 9.23 Å². The molecule has 0 fully saturated rings. The fourth-order valence-corrected chi connectivity index (χ4v) is 3.45. The molecule has 0 saturated heterocycles. The first kappa shape index (κ1) is 21.7. The molecule has 1 nitrogen and oxygen atoms in total. The Morgan fingerprint density at radius 3 is 2.07 bits per heavy atom. The molecule has 0 spiro atoms. The molecule has 0 aliphatic rings. The summed E-state index contributed by atoms with van der Waals surface area (Å²) in [5.41, 5.74) is 2.03. The maximum atomic E-state index is 15.2. The summed E-state index contributed by atoms with van der Waals surface area (Å²) in [5, 5.41) is 0. The van der Waals surface area contributed by atoms with E-state index in [1.807, 2.05) is 32.1 Å². The Bertz CT molecular complexity index is 990. The average molecular weight is 410 g/mol. The molecule has 0 aliphatic heterocycles. The van der Waals surface area contributed by atoms with Crippen LogP contribution in [-0.2, 0) is 6.42 Å². The quantitative estimate of drug-likeness (QED) is 0.342. The molecular weight excluding hydrogens is 385 g/mol. The third-order valence-corrected chi connectivity index (χ3v) is 4.97. The van der Waals surface area contributed by atoms with Crippen molar-refractivity contribution >= 4 is 0 Å². The van der Waals surface area contributed by atoms with E-state index in [0.717, 1.165) is 18.4 Å². The fourth-order valence-electron chi connectivity index (χ4n) is 3.45. The Labute approximate surface area is 175 Å². The molecule has 0 aliphatic carbocycles. The second-order valence-corrected chi connectivity index (χ2v) is 6.95. The van der Waals surface area contributed by atoms with Gasteiger partial charge < -0.3 is 4.74 Å². The van der Waals surface area contributed by atoms with Gasteiger partial charge in [0.2, 0.25) is 0 Å². The Morgan fingerprint density at radius 1 is 0.867 bits per heavy atom. The highest BCUT2D eigenvalue weighted by molar-refractivity contribution is 5.75. The van der Waals surface area contributed by atoms with Gasteiger partial charge in [0.25, 0.3) is 6.43 Å². The molecule has 0 heterocycles. The molecule has 30 heavy (non-hydrogen) atoms. The van der Waals surface area contributed by atoms with E-state index in [1.54, 1.807) is 48.5 Å². The van der Waals surface area contributed by atoms with Crippen molar-refractivity contribution in [2.45, 2.75) is 33.1 Å². The maximum Gasteiger partial charge on any atom is 0.267 e. The van der Waals surface area contributed by atoms with Crippen LogP contribution in [0.4, 0.5) is 13.2 Å². The van der Waals surface area contributed by atoms with E-state index in [2.05, 4.69) is 6.08 Å². The molecule has 3 rings (SSSR count). The number of rotatable bonds is 8. The minimum atomic E-state index is -2.92. The van der Waals surface area contributed by atoms with E-state index >= 15 is 4.39 Å². The summed E-state index contributed by atoms with van der Waals surface area (Å²) >= 11 is 0. The summed E-state index contributed by atoms with van der Waals surface area (Å²) in [5.74, 6) is -0.231. The largest absolute Gasteiger partial charge is 0.494 e. The summed E-state index contributed by atoms with van der Waals surface area (Å²) in [6.45, 7) is 4.36. The van der Waals surface area contributed by atoms with Crippen LogP contribution in [0.2, 0.25) is 0 Å². The van der Waals surface area contributed by atoms with E-state index in [9.17, 15) is 8.78 Å². The van der Waals surface area contributed by atoms with Gasteiger partial charge in [-0.25, -0.2) is 13.2 Å². The summed E-state index contributed by atoms with van der Waals surface area (Å²) in [6, 6.07) is 17.3. The van der Waals surface area contributed by atoms with Gasteiger partial charge in [0, 0.05) is 5.56 Å². The van der Waals surface area contributed by atoms with Crippen molar-refractivity contribution < 1.29 is 17.9 Å². The second kappa shape index (κ2) is 10.1. The first-order valence-corrected chi connectivity index (χ1v) is 10.1. The van der Waals surface area contributed by atoms with Gasteiger partial charge in [-0.2, -0.15) is 0 Å². The first-order valence-electron chi connectivity index (χ1n) is 10.1. The molecule has 4 heteroatoms. The van der Waals surface area contributed by atoms with Crippen molar-refractivity contribution in [1.29, 1.82) is 0 Å². The number of aryl methyl sites for hydroxylation is 1. The normalized spacial score (nSPS) is 11.4. The van der Waals surface area contributed by atoms with Crippen LogP contribution in [0.25, 0.3) is 22.3 Å². The van der Waals surface area contributed by atoms with Gasteiger partial charge in [-0.05, 0) is 61.1 Å². The summed E-state index contributed by atoms with van der Waals surface area (Å²) < 4.78 is 48.3. The van der Waals surface area contributed by atoms with Crippen molar-refractivity contribution in [2.75, 3.05) is 6.61 Å². The highest BCUT2D eigenvalue weighted by Crippen LogP contribution is 2.38. The third kappa shape index (κ3) is 4.93. The van der Waals surface area contributed by atoms with Gasteiger partial charge in [0.15, 0.2) is 0 Å². The lowest BCUT2D eigenvalue weighted by Crippen LogP contribution is -1.99. The molecule has 0 N–H and O–H groups in total. The van der Waals surface area contributed by atoms with Crippen molar-refractivity contribution in [3.05, 3.63) is 89.8 Å². The van der Waals surface area contributed by atoms with Crippen LogP contribution in [0, 0.1) is 5.82 Å². The number of alkyl halides is 2.